The summed E-state index contributed by atoms with van der Waals surface area (Å²) in [6.07, 6.45) is 2.23. The van der Waals surface area contributed by atoms with E-state index in [0.717, 1.165) is 37.2 Å². The molecule has 0 saturated carbocycles. The number of nitrogens with one attached hydrogen (secondary N) is 1. The summed E-state index contributed by atoms with van der Waals surface area (Å²) in [6.45, 7) is 5.77. The summed E-state index contributed by atoms with van der Waals surface area (Å²) in [5.74, 6) is -1.19. The summed E-state index contributed by atoms with van der Waals surface area (Å²) in [6, 6.07) is 17.2. The van der Waals surface area contributed by atoms with Gasteiger partial charge >= 0.3 is 0 Å². The predicted molar refractivity (Wildman–Crippen MR) is 125 cm³/mol. The normalized spacial score (nSPS) is 15.0. The number of carbonyl (C=O) groups is 2. The molecule has 0 aliphatic carbocycles. The highest BCUT2D eigenvalue weighted by molar-refractivity contribution is 6.43. The van der Waals surface area contributed by atoms with Crippen molar-refractivity contribution in [2.24, 2.45) is 0 Å². The number of likely N-dealkylation sites (tertiary alicyclic amines) is 1. The first-order valence-corrected chi connectivity index (χ1v) is 11.3. The second-order valence-corrected chi connectivity index (χ2v) is 8.52. The molecule has 3 aromatic rings. The number of aromatic nitrogens is 2. The Kier molecular flexibility index (Phi) is 6.72. The number of nitrogens with zero attached hydrogens (tertiary/aromatic N) is 3. The van der Waals surface area contributed by atoms with Crippen molar-refractivity contribution in [3.63, 3.8) is 0 Å². The number of para-hydroxylation sites is 1. The Morgan fingerprint density at radius 1 is 1.03 bits per heavy atom. The van der Waals surface area contributed by atoms with Crippen LogP contribution in [0.2, 0.25) is 5.02 Å². The summed E-state index contributed by atoms with van der Waals surface area (Å²) in [5, 5.41) is 8.02. The molecule has 1 aliphatic rings. The van der Waals surface area contributed by atoms with Crippen LogP contribution < -0.4 is 5.32 Å². The molecule has 1 fully saturated rings. The Bertz CT molecular complexity index is 1120. The van der Waals surface area contributed by atoms with E-state index in [-0.39, 0.29) is 6.04 Å². The third-order valence-corrected chi connectivity index (χ3v) is 6.37. The fourth-order valence-corrected chi connectivity index (χ4v) is 4.67. The van der Waals surface area contributed by atoms with Crippen LogP contribution in [-0.2, 0) is 4.79 Å². The van der Waals surface area contributed by atoms with Crippen LogP contribution in [0.4, 0.5) is 0 Å². The van der Waals surface area contributed by atoms with Crippen molar-refractivity contribution < 1.29 is 9.59 Å². The van der Waals surface area contributed by atoms with Gasteiger partial charge in [0.2, 0.25) is 0 Å². The third-order valence-electron chi connectivity index (χ3n) is 6.03. The number of hydrogen-bond donors (Lipinski definition) is 1. The molecule has 32 heavy (non-hydrogen) atoms. The van der Waals surface area contributed by atoms with Gasteiger partial charge in [0.1, 0.15) is 0 Å². The Balaban J connectivity index is 1.53. The zero-order chi connectivity index (χ0) is 22.7. The summed E-state index contributed by atoms with van der Waals surface area (Å²) < 4.78 is 1.70. The van der Waals surface area contributed by atoms with E-state index in [0.29, 0.717) is 28.5 Å². The highest BCUT2D eigenvalue weighted by atomic mass is 35.5. The van der Waals surface area contributed by atoms with Gasteiger partial charge in [0.25, 0.3) is 11.7 Å². The lowest BCUT2D eigenvalue weighted by molar-refractivity contribution is -0.117. The van der Waals surface area contributed by atoms with Crippen LogP contribution in [0, 0.1) is 13.8 Å². The van der Waals surface area contributed by atoms with Gasteiger partial charge in [-0.25, -0.2) is 4.68 Å². The topological polar surface area (TPSA) is 67.2 Å². The zero-order valence-corrected chi connectivity index (χ0v) is 19.1. The number of rotatable bonds is 7. The van der Waals surface area contributed by atoms with Gasteiger partial charge in [-0.3, -0.25) is 14.5 Å². The molecule has 1 aromatic heterocycles. The highest BCUT2D eigenvalue weighted by Gasteiger charge is 2.29. The van der Waals surface area contributed by atoms with Gasteiger partial charge in [-0.2, -0.15) is 5.10 Å². The van der Waals surface area contributed by atoms with E-state index in [1.165, 1.54) is 0 Å². The van der Waals surface area contributed by atoms with Crippen LogP contribution in [0.25, 0.3) is 5.69 Å². The first-order chi connectivity index (χ1) is 15.5. The van der Waals surface area contributed by atoms with Crippen molar-refractivity contribution >= 4 is 23.3 Å². The van der Waals surface area contributed by atoms with Crippen LogP contribution in [0.1, 0.15) is 46.2 Å². The van der Waals surface area contributed by atoms with Gasteiger partial charge in [-0.15, -0.1) is 0 Å². The second-order valence-electron chi connectivity index (χ2n) is 8.11. The van der Waals surface area contributed by atoms with Gasteiger partial charge in [-0.05, 0) is 63.5 Å². The molecule has 7 heteroatoms. The lowest BCUT2D eigenvalue weighted by Gasteiger charge is -2.28. The molecule has 0 bridgehead atoms. The Labute approximate surface area is 193 Å². The van der Waals surface area contributed by atoms with E-state index in [2.05, 4.69) is 15.3 Å². The van der Waals surface area contributed by atoms with Crippen molar-refractivity contribution in [1.29, 1.82) is 0 Å². The van der Waals surface area contributed by atoms with E-state index >= 15 is 0 Å². The Morgan fingerprint density at radius 2 is 1.69 bits per heavy atom. The molecule has 2 heterocycles. The van der Waals surface area contributed by atoms with E-state index in [4.69, 9.17) is 11.6 Å². The molecule has 1 N–H and O–H groups in total. The number of aryl methyl sites for hydroxylation is 1. The van der Waals surface area contributed by atoms with Gasteiger partial charge in [-0.1, -0.05) is 48.0 Å². The van der Waals surface area contributed by atoms with E-state index in [1.807, 2.05) is 61.5 Å². The fourth-order valence-electron chi connectivity index (χ4n) is 4.41. The molecule has 1 aliphatic heterocycles. The maximum absolute atomic E-state index is 13.1. The lowest BCUT2D eigenvalue weighted by Crippen LogP contribution is -2.39. The van der Waals surface area contributed by atoms with E-state index in [9.17, 15) is 9.59 Å². The van der Waals surface area contributed by atoms with Gasteiger partial charge < -0.3 is 5.32 Å². The molecule has 166 valence electrons. The maximum atomic E-state index is 13.1. The Morgan fingerprint density at radius 3 is 2.38 bits per heavy atom. The minimum Gasteiger partial charge on any atom is -0.347 e. The first kappa shape index (κ1) is 22.2. The van der Waals surface area contributed by atoms with Crippen molar-refractivity contribution in [3.8, 4) is 5.69 Å². The average Bonchev–Trinajstić information content (AvgIpc) is 3.43. The summed E-state index contributed by atoms with van der Waals surface area (Å²) in [4.78, 5) is 28.3. The number of halogens is 1. The lowest BCUT2D eigenvalue weighted by atomic mass is 10.0. The third kappa shape index (κ3) is 4.47. The fraction of sp³-hybridized carbons (Fsp3) is 0.320. The molecular weight excluding hydrogens is 424 g/mol. The van der Waals surface area contributed by atoms with E-state index < -0.39 is 11.7 Å². The summed E-state index contributed by atoms with van der Waals surface area (Å²) in [5.41, 5.74) is 3.35. The largest absolute Gasteiger partial charge is 0.347 e. The van der Waals surface area contributed by atoms with Crippen LogP contribution in [0.3, 0.4) is 0 Å². The quantitative estimate of drug-likeness (QED) is 0.431. The molecule has 6 nitrogen and oxygen atoms in total. The number of carbonyl (C=O) groups excluding carboxylic acids is 2. The summed E-state index contributed by atoms with van der Waals surface area (Å²) >= 11 is 6.46. The SMILES string of the molecule is Cc1nn(-c2ccccc2)c(C)c1C(=O)C(=O)NCC(c1ccccc1Cl)N1CCCC1. The van der Waals surface area contributed by atoms with Crippen LogP contribution >= 0.6 is 11.6 Å². The number of amides is 1. The number of benzene rings is 2. The molecule has 4 rings (SSSR count). The van der Waals surface area contributed by atoms with Crippen molar-refractivity contribution in [2.75, 3.05) is 19.6 Å². The Hall–Kier alpha value is -2.96. The molecule has 1 amide bonds. The minimum absolute atomic E-state index is 0.0721. The molecule has 2 aromatic carbocycles. The smallest absolute Gasteiger partial charge is 0.292 e. The van der Waals surface area contributed by atoms with E-state index in [1.54, 1.807) is 11.6 Å². The van der Waals surface area contributed by atoms with Crippen LogP contribution in [0.5, 0.6) is 0 Å². The van der Waals surface area contributed by atoms with Crippen molar-refractivity contribution in [3.05, 3.63) is 82.1 Å². The summed E-state index contributed by atoms with van der Waals surface area (Å²) in [7, 11) is 0. The highest BCUT2D eigenvalue weighted by Crippen LogP contribution is 2.29. The molecule has 0 radical (unpaired) electrons. The number of Topliss-reactive ketones (excluding diaryl/α,β-unsaturated/α-hetero) is 1. The zero-order valence-electron chi connectivity index (χ0n) is 18.3. The maximum Gasteiger partial charge on any atom is 0.292 e. The number of hydrogen-bond acceptors (Lipinski definition) is 4. The molecular formula is C25H27ClN4O2. The van der Waals surface area contributed by atoms with Crippen molar-refractivity contribution in [1.82, 2.24) is 20.0 Å². The predicted octanol–water partition coefficient (Wildman–Crippen LogP) is 4.28. The van der Waals surface area contributed by atoms with Gasteiger partial charge in [0.15, 0.2) is 0 Å². The molecule has 1 unspecified atom stereocenters. The molecule has 0 spiro atoms. The standard InChI is InChI=1S/C25H27ClN4O2/c1-17-23(18(2)30(28-17)19-10-4-3-5-11-19)24(31)25(32)27-16-22(29-14-8-9-15-29)20-12-6-7-13-21(20)26/h3-7,10-13,22H,8-9,14-16H2,1-2H3,(H,27,32). The average molecular weight is 451 g/mol. The van der Waals surface area contributed by atoms with Crippen molar-refractivity contribution in [2.45, 2.75) is 32.7 Å². The number of ketones is 1. The molecule has 1 saturated heterocycles. The second kappa shape index (κ2) is 9.67. The minimum atomic E-state index is -0.625. The first-order valence-electron chi connectivity index (χ1n) is 10.9. The van der Waals surface area contributed by atoms with Crippen LogP contribution in [-0.4, -0.2) is 46.0 Å². The van der Waals surface area contributed by atoms with Gasteiger partial charge in [0.05, 0.1) is 28.7 Å². The monoisotopic (exact) mass is 450 g/mol. The van der Waals surface area contributed by atoms with Crippen LogP contribution in [0.15, 0.2) is 54.6 Å². The van der Waals surface area contributed by atoms with Gasteiger partial charge in [0, 0.05) is 11.6 Å². The molecule has 1 atom stereocenters.